The Labute approximate surface area is 264 Å². The lowest BCUT2D eigenvalue weighted by Crippen LogP contribution is -2.43. The fourth-order valence-corrected chi connectivity index (χ4v) is 4.88. The number of ether oxygens (including phenoxy) is 1. The lowest BCUT2D eigenvalue weighted by molar-refractivity contribution is -0.147. The predicted molar refractivity (Wildman–Crippen MR) is 171 cm³/mol. The maximum atomic E-state index is 12.2. The van der Waals surface area contributed by atoms with Gasteiger partial charge < -0.3 is 25.2 Å². The zero-order valence-electron chi connectivity index (χ0n) is 27.0. The van der Waals surface area contributed by atoms with E-state index < -0.39 is 57.6 Å². The van der Waals surface area contributed by atoms with Gasteiger partial charge in [-0.05, 0) is 44.9 Å². The molecule has 0 aromatic heterocycles. The number of amides is 1. The number of carbonyl (C=O) groups is 3. The maximum absolute atomic E-state index is 12.2. The molecule has 0 aromatic carbocycles. The van der Waals surface area contributed by atoms with Gasteiger partial charge >= 0.3 is 19.8 Å². The van der Waals surface area contributed by atoms with Gasteiger partial charge in [0.1, 0.15) is 12.7 Å². The van der Waals surface area contributed by atoms with Crippen molar-refractivity contribution in [3.63, 3.8) is 0 Å². The molecule has 0 aliphatic carbocycles. The number of phosphoric acid groups is 1. The zero-order chi connectivity index (χ0) is 32.9. The highest BCUT2D eigenvalue weighted by atomic mass is 31.2. The van der Waals surface area contributed by atoms with Crippen LogP contribution in [0, 0.1) is 0 Å². The summed E-state index contributed by atoms with van der Waals surface area (Å²) in [5.74, 6) is -2.41. The summed E-state index contributed by atoms with van der Waals surface area (Å²) in [4.78, 5) is 45.0. The molecular formula is C32H58NO10P. The van der Waals surface area contributed by atoms with Crippen molar-refractivity contribution in [1.82, 2.24) is 5.32 Å². The molecule has 0 spiro atoms. The Bertz CT molecular complexity index is 864. The summed E-state index contributed by atoms with van der Waals surface area (Å²) in [6, 6.07) is -1.54. The Morgan fingerprint density at radius 3 is 1.86 bits per heavy atom. The van der Waals surface area contributed by atoms with Gasteiger partial charge in [-0.1, -0.05) is 95.9 Å². The topological polar surface area (TPSA) is 169 Å². The molecule has 0 fully saturated rings. The Morgan fingerprint density at radius 1 is 0.727 bits per heavy atom. The van der Waals surface area contributed by atoms with E-state index in [0.717, 1.165) is 51.4 Å². The van der Waals surface area contributed by atoms with Gasteiger partial charge in [-0.2, -0.15) is 0 Å². The Morgan fingerprint density at radius 2 is 1.25 bits per heavy atom. The van der Waals surface area contributed by atoms with Crippen molar-refractivity contribution in [2.45, 2.75) is 142 Å². The van der Waals surface area contributed by atoms with Gasteiger partial charge in [-0.25, -0.2) is 9.36 Å². The molecule has 1 amide bonds. The third-order valence-electron chi connectivity index (χ3n) is 6.74. The van der Waals surface area contributed by atoms with E-state index in [4.69, 9.17) is 9.26 Å². The van der Waals surface area contributed by atoms with Crippen LogP contribution in [0.25, 0.3) is 0 Å². The normalized spacial score (nSPS) is 14.5. The van der Waals surface area contributed by atoms with E-state index in [1.807, 2.05) is 6.92 Å². The number of carbonyl (C=O) groups excluding carboxylic acids is 2. The number of hydrogen-bond donors (Lipinski definition) is 4. The minimum absolute atomic E-state index is 0.137. The number of phosphoric ester groups is 1. The van der Waals surface area contributed by atoms with Crippen molar-refractivity contribution in [2.75, 3.05) is 19.8 Å². The van der Waals surface area contributed by atoms with Crippen molar-refractivity contribution in [2.24, 2.45) is 0 Å². The van der Waals surface area contributed by atoms with E-state index in [2.05, 4.69) is 41.1 Å². The van der Waals surface area contributed by atoms with Crippen LogP contribution in [0.1, 0.15) is 129 Å². The lowest BCUT2D eigenvalue weighted by Gasteiger charge is -2.18. The van der Waals surface area contributed by atoms with E-state index in [9.17, 15) is 34.1 Å². The molecule has 256 valence electrons. The maximum Gasteiger partial charge on any atom is 0.472 e. The van der Waals surface area contributed by atoms with Gasteiger partial charge in [0.05, 0.1) is 13.2 Å². The minimum Gasteiger partial charge on any atom is -0.480 e. The number of carboxylic acids is 1. The second kappa shape index (κ2) is 28.4. The summed E-state index contributed by atoms with van der Waals surface area (Å²) in [5.41, 5.74) is 0. The molecule has 0 rings (SSSR count). The Hall–Kier alpha value is -2.04. The molecule has 3 atom stereocenters. The Kier molecular flexibility index (Phi) is 27.1. The first-order valence-electron chi connectivity index (χ1n) is 16.4. The molecule has 12 heteroatoms. The molecule has 4 N–H and O–H groups in total. The number of hydrogen-bond acceptors (Lipinski definition) is 8. The number of aliphatic hydroxyl groups is 1. The van der Waals surface area contributed by atoms with E-state index in [1.165, 1.54) is 38.5 Å². The van der Waals surface area contributed by atoms with Crippen molar-refractivity contribution in [1.29, 1.82) is 0 Å². The van der Waals surface area contributed by atoms with Gasteiger partial charge in [0.15, 0.2) is 6.04 Å². The van der Waals surface area contributed by atoms with E-state index in [-0.39, 0.29) is 12.8 Å². The van der Waals surface area contributed by atoms with Crippen molar-refractivity contribution < 1.29 is 47.8 Å². The summed E-state index contributed by atoms with van der Waals surface area (Å²) in [6.45, 7) is 2.31. The Balaban J connectivity index is 3.99. The lowest BCUT2D eigenvalue weighted by atomic mass is 10.1. The summed E-state index contributed by atoms with van der Waals surface area (Å²) in [7, 11) is -4.73. The molecule has 0 saturated carbocycles. The first-order chi connectivity index (χ1) is 21.1. The number of unbranched alkanes of at least 4 members (excludes halogenated alkanes) is 12. The minimum atomic E-state index is -4.73. The first kappa shape index (κ1) is 42.0. The number of carboxylic acid groups (broad SMARTS) is 1. The number of nitrogens with one attached hydrogen (secondary N) is 1. The van der Waals surface area contributed by atoms with Crippen molar-refractivity contribution in [3.8, 4) is 0 Å². The van der Waals surface area contributed by atoms with Crippen LogP contribution in [0.2, 0.25) is 0 Å². The van der Waals surface area contributed by atoms with E-state index in [0.29, 0.717) is 12.8 Å². The first-order valence-corrected chi connectivity index (χ1v) is 17.9. The van der Waals surface area contributed by atoms with Crippen LogP contribution in [0.15, 0.2) is 24.3 Å². The number of aliphatic hydroxyl groups excluding tert-OH is 1. The monoisotopic (exact) mass is 647 g/mol. The fraction of sp³-hybridized carbons (Fsp3) is 0.781. The number of allylic oxidation sites excluding steroid dienone is 4. The zero-order valence-corrected chi connectivity index (χ0v) is 27.9. The molecule has 0 radical (unpaired) electrons. The average Bonchev–Trinajstić information content (AvgIpc) is 2.98. The third kappa shape index (κ3) is 27.5. The summed E-state index contributed by atoms with van der Waals surface area (Å²) in [5, 5.41) is 21.5. The average molecular weight is 648 g/mol. The van der Waals surface area contributed by atoms with Crippen LogP contribution in [0.3, 0.4) is 0 Å². The summed E-state index contributed by atoms with van der Waals surface area (Å²) >= 11 is 0. The van der Waals surface area contributed by atoms with Crippen LogP contribution in [-0.2, 0) is 32.7 Å². The third-order valence-corrected chi connectivity index (χ3v) is 7.69. The SMILES string of the molecule is CCCCC/C=C\C/C=C\CCCCCCCCCC(=O)NC(COP(=O)(O)OCC(O)COC(=O)CCCCC)C(=O)O. The van der Waals surface area contributed by atoms with Crippen molar-refractivity contribution in [3.05, 3.63) is 24.3 Å². The molecule has 0 aromatic rings. The molecular weight excluding hydrogens is 589 g/mol. The second-order valence-corrected chi connectivity index (χ2v) is 12.5. The molecule has 44 heavy (non-hydrogen) atoms. The predicted octanol–water partition coefficient (Wildman–Crippen LogP) is 6.77. The van der Waals surface area contributed by atoms with Crippen LogP contribution < -0.4 is 5.32 Å². The van der Waals surface area contributed by atoms with E-state index in [1.54, 1.807) is 0 Å². The van der Waals surface area contributed by atoms with Crippen LogP contribution >= 0.6 is 7.82 Å². The molecule has 0 saturated heterocycles. The quantitative estimate of drug-likeness (QED) is 0.0283. The molecule has 0 heterocycles. The number of esters is 1. The van der Waals surface area contributed by atoms with Crippen LogP contribution in [0.4, 0.5) is 0 Å². The van der Waals surface area contributed by atoms with Gasteiger partial charge in [-0.3, -0.25) is 18.6 Å². The summed E-state index contributed by atoms with van der Waals surface area (Å²) < 4.78 is 26.3. The molecule has 11 nitrogen and oxygen atoms in total. The molecule has 0 bridgehead atoms. The van der Waals surface area contributed by atoms with Crippen LogP contribution in [0.5, 0.6) is 0 Å². The second-order valence-electron chi connectivity index (χ2n) is 11.0. The van der Waals surface area contributed by atoms with E-state index >= 15 is 0 Å². The molecule has 3 unspecified atom stereocenters. The molecule has 0 aliphatic rings. The number of rotatable bonds is 30. The van der Waals surface area contributed by atoms with Gasteiger partial charge in [0, 0.05) is 12.8 Å². The molecule has 0 aliphatic heterocycles. The highest BCUT2D eigenvalue weighted by Gasteiger charge is 2.28. The van der Waals surface area contributed by atoms with Gasteiger partial charge in [0.25, 0.3) is 0 Å². The smallest absolute Gasteiger partial charge is 0.472 e. The fourth-order valence-electron chi connectivity index (χ4n) is 4.11. The van der Waals surface area contributed by atoms with Gasteiger partial charge in [-0.15, -0.1) is 0 Å². The highest BCUT2D eigenvalue weighted by molar-refractivity contribution is 7.47. The summed E-state index contributed by atoms with van der Waals surface area (Å²) in [6.07, 6.45) is 24.5. The number of aliphatic carboxylic acids is 1. The highest BCUT2D eigenvalue weighted by Crippen LogP contribution is 2.43. The van der Waals surface area contributed by atoms with Gasteiger partial charge in [0.2, 0.25) is 5.91 Å². The van der Waals surface area contributed by atoms with Crippen molar-refractivity contribution >= 4 is 25.7 Å². The van der Waals surface area contributed by atoms with Crippen LogP contribution in [-0.4, -0.2) is 64.9 Å². The standard InChI is InChI=1S/C32H58NO10P/c1-3-5-7-8-9-10-11-12-13-14-15-16-17-18-19-20-22-23-30(35)33-29(32(37)38)27-43-44(39,40)42-26-28(34)25-41-31(36)24-21-6-4-2/h9-10,12-13,28-29,34H,3-8,11,14-27H2,1-2H3,(H,33,35)(H,37,38)(H,39,40)/b10-9-,13-12-. The largest absolute Gasteiger partial charge is 0.480 e.